The molecule has 154 valence electrons. The molecule has 0 saturated heterocycles. The van der Waals surface area contributed by atoms with Gasteiger partial charge in [0.2, 0.25) is 17.5 Å². The van der Waals surface area contributed by atoms with Crippen molar-refractivity contribution in [2.24, 2.45) is 0 Å². The molecular formula is C21H25N3O5. The predicted molar refractivity (Wildman–Crippen MR) is 108 cm³/mol. The van der Waals surface area contributed by atoms with Crippen LogP contribution in [0.15, 0.2) is 47.0 Å². The highest BCUT2D eigenvalue weighted by Crippen LogP contribution is 2.43. The number of benzene rings is 2. The smallest absolute Gasteiger partial charge is 0.241 e. The van der Waals surface area contributed by atoms with E-state index in [9.17, 15) is 0 Å². The third kappa shape index (κ3) is 4.97. The Morgan fingerprint density at radius 2 is 1.69 bits per heavy atom. The van der Waals surface area contributed by atoms with Crippen LogP contribution in [0.25, 0.3) is 11.4 Å². The van der Waals surface area contributed by atoms with Crippen molar-refractivity contribution in [2.45, 2.75) is 6.54 Å². The van der Waals surface area contributed by atoms with Gasteiger partial charge in [0.25, 0.3) is 0 Å². The van der Waals surface area contributed by atoms with Crippen LogP contribution in [0, 0.1) is 0 Å². The number of likely N-dealkylation sites (N-methyl/N-ethyl adjacent to an activating group) is 1. The van der Waals surface area contributed by atoms with Crippen molar-refractivity contribution < 1.29 is 23.5 Å². The van der Waals surface area contributed by atoms with E-state index in [-0.39, 0.29) is 0 Å². The lowest BCUT2D eigenvalue weighted by Gasteiger charge is -2.14. The van der Waals surface area contributed by atoms with E-state index in [0.717, 1.165) is 5.75 Å². The Bertz CT molecular complexity index is 914. The van der Waals surface area contributed by atoms with E-state index < -0.39 is 0 Å². The molecule has 0 N–H and O–H groups in total. The zero-order valence-electron chi connectivity index (χ0n) is 17.0. The molecule has 3 aromatic rings. The summed E-state index contributed by atoms with van der Waals surface area (Å²) in [5.74, 6) is 3.31. The van der Waals surface area contributed by atoms with Gasteiger partial charge in [-0.15, -0.1) is 0 Å². The summed E-state index contributed by atoms with van der Waals surface area (Å²) in [6.07, 6.45) is 0. The summed E-state index contributed by atoms with van der Waals surface area (Å²) in [4.78, 5) is 6.54. The summed E-state index contributed by atoms with van der Waals surface area (Å²) in [6, 6.07) is 13.3. The molecule has 0 radical (unpaired) electrons. The molecule has 0 unspecified atom stereocenters. The second-order valence-electron chi connectivity index (χ2n) is 6.29. The van der Waals surface area contributed by atoms with Crippen LogP contribution in [-0.2, 0) is 6.54 Å². The van der Waals surface area contributed by atoms with Crippen LogP contribution in [0.2, 0.25) is 0 Å². The molecule has 0 aliphatic rings. The maximum Gasteiger partial charge on any atom is 0.241 e. The van der Waals surface area contributed by atoms with Gasteiger partial charge < -0.3 is 23.5 Å². The normalized spacial score (nSPS) is 10.8. The first-order valence-corrected chi connectivity index (χ1v) is 9.14. The molecule has 0 bridgehead atoms. The quantitative estimate of drug-likeness (QED) is 0.514. The predicted octanol–water partition coefficient (Wildman–Crippen LogP) is 3.27. The Balaban J connectivity index is 1.64. The minimum Gasteiger partial charge on any atom is -0.493 e. The summed E-state index contributed by atoms with van der Waals surface area (Å²) < 4.78 is 27.3. The number of ether oxygens (including phenoxy) is 4. The zero-order chi connectivity index (χ0) is 20.6. The molecule has 3 rings (SSSR count). The fraction of sp³-hybridized carbons (Fsp3) is 0.333. The molecule has 8 heteroatoms. The number of hydrogen-bond donors (Lipinski definition) is 0. The highest BCUT2D eigenvalue weighted by atomic mass is 16.5. The fourth-order valence-corrected chi connectivity index (χ4v) is 2.85. The SMILES string of the molecule is COc1ccc(-c2noc(CN(C)CCOc3ccccc3)n2)c(OC)c1OC. The van der Waals surface area contributed by atoms with Crippen molar-refractivity contribution in [2.75, 3.05) is 41.5 Å². The first kappa shape index (κ1) is 20.5. The van der Waals surface area contributed by atoms with E-state index in [1.807, 2.05) is 48.3 Å². The van der Waals surface area contributed by atoms with Gasteiger partial charge in [-0.2, -0.15) is 4.98 Å². The number of hydrogen-bond acceptors (Lipinski definition) is 8. The third-order valence-electron chi connectivity index (χ3n) is 4.30. The van der Waals surface area contributed by atoms with Crippen LogP contribution in [0.1, 0.15) is 5.89 Å². The van der Waals surface area contributed by atoms with Crippen LogP contribution in [-0.4, -0.2) is 56.6 Å². The summed E-state index contributed by atoms with van der Waals surface area (Å²) in [5, 5.41) is 4.09. The van der Waals surface area contributed by atoms with Gasteiger partial charge in [-0.05, 0) is 31.3 Å². The molecule has 1 heterocycles. The maximum absolute atomic E-state index is 5.72. The summed E-state index contributed by atoms with van der Waals surface area (Å²) in [6.45, 7) is 1.78. The minimum absolute atomic E-state index is 0.423. The molecule has 0 saturated carbocycles. The molecule has 0 spiro atoms. The Hall–Kier alpha value is -3.26. The number of para-hydroxylation sites is 1. The average molecular weight is 399 g/mol. The Kier molecular flexibility index (Phi) is 6.91. The Morgan fingerprint density at radius 1 is 0.931 bits per heavy atom. The van der Waals surface area contributed by atoms with Crippen LogP contribution < -0.4 is 18.9 Å². The van der Waals surface area contributed by atoms with E-state index >= 15 is 0 Å². The standard InChI is InChI=1S/C21H25N3O5/c1-24(12-13-28-15-8-6-5-7-9-15)14-18-22-21(23-29-18)16-10-11-17(25-2)20(27-4)19(16)26-3/h5-11H,12-14H2,1-4H3. The lowest BCUT2D eigenvalue weighted by atomic mass is 10.1. The largest absolute Gasteiger partial charge is 0.493 e. The first-order chi connectivity index (χ1) is 14.2. The molecular weight excluding hydrogens is 374 g/mol. The van der Waals surface area contributed by atoms with Crippen molar-refractivity contribution in [3.63, 3.8) is 0 Å². The van der Waals surface area contributed by atoms with Crippen LogP contribution in [0.5, 0.6) is 23.0 Å². The van der Waals surface area contributed by atoms with E-state index in [0.29, 0.717) is 54.2 Å². The van der Waals surface area contributed by atoms with Gasteiger partial charge in [-0.25, -0.2) is 0 Å². The second kappa shape index (κ2) is 9.79. The monoisotopic (exact) mass is 399 g/mol. The van der Waals surface area contributed by atoms with Crippen LogP contribution in [0.4, 0.5) is 0 Å². The third-order valence-corrected chi connectivity index (χ3v) is 4.30. The summed E-state index contributed by atoms with van der Waals surface area (Å²) >= 11 is 0. The van der Waals surface area contributed by atoms with Gasteiger partial charge in [0.15, 0.2) is 11.5 Å². The number of nitrogens with zero attached hydrogens (tertiary/aromatic N) is 3. The summed E-state index contributed by atoms with van der Waals surface area (Å²) in [7, 11) is 6.65. The minimum atomic E-state index is 0.423. The Morgan fingerprint density at radius 3 is 2.38 bits per heavy atom. The molecule has 0 amide bonds. The van der Waals surface area contributed by atoms with Crippen molar-refractivity contribution in [3.8, 4) is 34.4 Å². The number of methoxy groups -OCH3 is 3. The molecule has 2 aromatic carbocycles. The molecule has 0 aliphatic carbocycles. The van der Waals surface area contributed by atoms with Gasteiger partial charge in [0, 0.05) is 6.54 Å². The highest BCUT2D eigenvalue weighted by Gasteiger charge is 2.21. The number of aromatic nitrogens is 2. The van der Waals surface area contributed by atoms with Gasteiger partial charge >= 0.3 is 0 Å². The number of rotatable bonds is 10. The lowest BCUT2D eigenvalue weighted by Crippen LogP contribution is -2.24. The van der Waals surface area contributed by atoms with E-state index in [1.165, 1.54) is 0 Å². The highest BCUT2D eigenvalue weighted by molar-refractivity contribution is 5.71. The first-order valence-electron chi connectivity index (χ1n) is 9.14. The lowest BCUT2D eigenvalue weighted by molar-refractivity contribution is 0.213. The topological polar surface area (TPSA) is 79.1 Å². The van der Waals surface area contributed by atoms with Crippen molar-refractivity contribution >= 4 is 0 Å². The molecule has 0 atom stereocenters. The van der Waals surface area contributed by atoms with E-state index in [2.05, 4.69) is 10.1 Å². The van der Waals surface area contributed by atoms with Gasteiger partial charge in [0.05, 0.1) is 33.4 Å². The zero-order valence-corrected chi connectivity index (χ0v) is 17.0. The molecule has 8 nitrogen and oxygen atoms in total. The van der Waals surface area contributed by atoms with E-state index in [1.54, 1.807) is 27.4 Å². The summed E-state index contributed by atoms with van der Waals surface area (Å²) in [5.41, 5.74) is 0.662. The van der Waals surface area contributed by atoms with Crippen molar-refractivity contribution in [1.82, 2.24) is 15.0 Å². The van der Waals surface area contributed by atoms with Crippen molar-refractivity contribution in [3.05, 3.63) is 48.4 Å². The second-order valence-corrected chi connectivity index (χ2v) is 6.29. The van der Waals surface area contributed by atoms with Crippen LogP contribution >= 0.6 is 0 Å². The average Bonchev–Trinajstić information content (AvgIpc) is 3.21. The molecule has 0 aliphatic heterocycles. The van der Waals surface area contributed by atoms with Crippen LogP contribution in [0.3, 0.4) is 0 Å². The van der Waals surface area contributed by atoms with Gasteiger partial charge in [-0.3, -0.25) is 4.90 Å². The van der Waals surface area contributed by atoms with E-state index in [4.69, 9.17) is 23.5 Å². The Labute approximate surface area is 169 Å². The molecule has 0 fully saturated rings. The fourth-order valence-electron chi connectivity index (χ4n) is 2.85. The molecule has 29 heavy (non-hydrogen) atoms. The van der Waals surface area contributed by atoms with Crippen molar-refractivity contribution in [1.29, 1.82) is 0 Å². The molecule has 1 aromatic heterocycles. The van der Waals surface area contributed by atoms with Gasteiger partial charge in [0.1, 0.15) is 12.4 Å². The van der Waals surface area contributed by atoms with Gasteiger partial charge in [-0.1, -0.05) is 23.4 Å². The maximum atomic E-state index is 5.72.